The zero-order valence-electron chi connectivity index (χ0n) is 18.6. The van der Waals surface area contributed by atoms with E-state index >= 15 is 0 Å². The second-order valence-electron chi connectivity index (χ2n) is 9.18. The van der Waals surface area contributed by atoms with Crippen LogP contribution < -0.4 is 0 Å². The van der Waals surface area contributed by atoms with Crippen molar-refractivity contribution in [1.82, 2.24) is 0 Å². The van der Waals surface area contributed by atoms with Gasteiger partial charge in [0.05, 0.1) is 0 Å². The van der Waals surface area contributed by atoms with E-state index in [1.54, 1.807) is 0 Å². The van der Waals surface area contributed by atoms with Crippen LogP contribution in [0.4, 0.5) is 0 Å². The van der Waals surface area contributed by atoms with Gasteiger partial charge in [0.2, 0.25) is 0 Å². The summed E-state index contributed by atoms with van der Waals surface area (Å²) in [5.74, 6) is 1.06. The van der Waals surface area contributed by atoms with Crippen molar-refractivity contribution in [3.63, 3.8) is 0 Å². The third kappa shape index (κ3) is 3.69. The zero-order valence-corrected chi connectivity index (χ0v) is 18.6. The first kappa shape index (κ1) is 19.7. The minimum Gasteiger partial charge on any atom is -0.0587 e. The first-order valence-electron chi connectivity index (χ1n) is 10.9. The lowest BCUT2D eigenvalue weighted by Gasteiger charge is -2.08. The lowest BCUT2D eigenvalue weighted by atomic mass is 9.96. The van der Waals surface area contributed by atoms with Gasteiger partial charge in [-0.05, 0) is 87.7 Å². The van der Waals surface area contributed by atoms with Gasteiger partial charge in [-0.1, -0.05) is 88.4 Å². The summed E-state index contributed by atoms with van der Waals surface area (Å²) in [6.07, 6.45) is 0.981. The highest BCUT2D eigenvalue weighted by atomic mass is 14.2. The number of hydrogen-bond donors (Lipinski definition) is 0. The molecule has 0 atom stereocenters. The van der Waals surface area contributed by atoms with Gasteiger partial charge in [-0.3, -0.25) is 0 Å². The van der Waals surface area contributed by atoms with Gasteiger partial charge < -0.3 is 0 Å². The fourth-order valence-electron chi connectivity index (χ4n) is 4.38. The maximum Gasteiger partial charge on any atom is -0.00134 e. The van der Waals surface area contributed by atoms with Crippen LogP contribution in [0.15, 0.2) is 60.7 Å². The molecule has 0 amide bonds. The van der Waals surface area contributed by atoms with Crippen molar-refractivity contribution >= 4 is 0 Å². The summed E-state index contributed by atoms with van der Waals surface area (Å²) in [5, 5.41) is 0. The molecular weight excluding hydrogens is 348 g/mol. The SMILES string of the molecule is Cc1ccc(C(C)C)cc2c(Cc3ccc4c(C)ccc(C(C)C)cc3-4)ccc1-2. The van der Waals surface area contributed by atoms with Crippen LogP contribution in [0.2, 0.25) is 0 Å². The van der Waals surface area contributed by atoms with Crippen LogP contribution >= 0.6 is 0 Å². The van der Waals surface area contributed by atoms with Crippen molar-refractivity contribution in [2.24, 2.45) is 0 Å². The van der Waals surface area contributed by atoms with Crippen LogP contribution in [0.5, 0.6) is 0 Å². The van der Waals surface area contributed by atoms with Crippen molar-refractivity contribution in [1.29, 1.82) is 0 Å². The molecule has 0 unspecified atom stereocenters. The first-order valence-corrected chi connectivity index (χ1v) is 10.9. The molecule has 0 fully saturated rings. The van der Waals surface area contributed by atoms with E-state index in [1.165, 1.54) is 55.6 Å². The van der Waals surface area contributed by atoms with E-state index in [0.717, 1.165) is 6.42 Å². The number of rotatable bonds is 4. The lowest BCUT2D eigenvalue weighted by Crippen LogP contribution is -1.90. The molecule has 4 aliphatic carbocycles. The molecular formula is C29H32. The first-order chi connectivity index (χ1) is 13.8. The minimum atomic E-state index is 0.530. The summed E-state index contributed by atoms with van der Waals surface area (Å²) in [4.78, 5) is 0. The van der Waals surface area contributed by atoms with E-state index in [0.29, 0.717) is 11.8 Å². The predicted molar refractivity (Wildman–Crippen MR) is 127 cm³/mol. The highest BCUT2D eigenvalue weighted by Gasteiger charge is 2.17. The molecule has 0 radical (unpaired) electrons. The van der Waals surface area contributed by atoms with Gasteiger partial charge in [0.15, 0.2) is 0 Å². The zero-order chi connectivity index (χ0) is 20.7. The molecule has 0 saturated heterocycles. The molecule has 4 aliphatic rings. The summed E-state index contributed by atoms with van der Waals surface area (Å²) in [6.45, 7) is 13.6. The summed E-state index contributed by atoms with van der Waals surface area (Å²) < 4.78 is 0. The highest BCUT2D eigenvalue weighted by molar-refractivity contribution is 5.78. The fraction of sp³-hybridized carbons (Fsp3) is 0.310. The van der Waals surface area contributed by atoms with Crippen LogP contribution in [0.25, 0.3) is 22.3 Å². The number of aryl methyl sites for hydroxylation is 2. The number of hydrogen-bond acceptors (Lipinski definition) is 0. The third-order valence-electron chi connectivity index (χ3n) is 6.41. The molecule has 0 saturated carbocycles. The van der Waals surface area contributed by atoms with Gasteiger partial charge in [-0.2, -0.15) is 0 Å². The Bertz CT molecular complexity index is 1010. The maximum atomic E-state index is 2.41. The van der Waals surface area contributed by atoms with Crippen LogP contribution in [0.3, 0.4) is 0 Å². The van der Waals surface area contributed by atoms with E-state index in [-0.39, 0.29) is 0 Å². The minimum absolute atomic E-state index is 0.530. The van der Waals surface area contributed by atoms with E-state index in [9.17, 15) is 0 Å². The molecule has 0 heterocycles. The van der Waals surface area contributed by atoms with E-state index in [1.807, 2.05) is 0 Å². The molecule has 0 N–H and O–H groups in total. The average Bonchev–Trinajstić information content (AvgIpc) is 3.15. The molecule has 0 aromatic carbocycles. The van der Waals surface area contributed by atoms with Crippen LogP contribution in [-0.4, -0.2) is 0 Å². The fourth-order valence-corrected chi connectivity index (χ4v) is 4.38. The number of fused-ring (bicyclic) bond motifs is 2. The largest absolute Gasteiger partial charge is 0.0587 e. The Morgan fingerprint density at radius 3 is 1.31 bits per heavy atom. The van der Waals surface area contributed by atoms with Gasteiger partial charge in [0.1, 0.15) is 0 Å². The van der Waals surface area contributed by atoms with Gasteiger partial charge >= 0.3 is 0 Å². The Balaban J connectivity index is 1.82. The van der Waals surface area contributed by atoms with E-state index in [2.05, 4.69) is 102 Å². The third-order valence-corrected chi connectivity index (χ3v) is 6.41. The van der Waals surface area contributed by atoms with E-state index in [4.69, 9.17) is 0 Å². The highest BCUT2D eigenvalue weighted by Crippen LogP contribution is 2.38. The van der Waals surface area contributed by atoms with Crippen LogP contribution in [0, 0.1) is 13.8 Å². The molecule has 0 aromatic heterocycles. The Kier molecular flexibility index (Phi) is 5.21. The monoisotopic (exact) mass is 380 g/mol. The van der Waals surface area contributed by atoms with E-state index < -0.39 is 0 Å². The molecule has 148 valence electrons. The van der Waals surface area contributed by atoms with Gasteiger partial charge in [-0.15, -0.1) is 0 Å². The van der Waals surface area contributed by atoms with Crippen molar-refractivity contribution < 1.29 is 0 Å². The van der Waals surface area contributed by atoms with Crippen molar-refractivity contribution in [3.05, 3.63) is 94.0 Å². The Morgan fingerprint density at radius 1 is 0.517 bits per heavy atom. The standard InChI is InChI=1S/C29H32/c1-18(2)22-9-7-20(5)26-13-11-24(28(26)16-22)15-25-12-14-27-21(6)8-10-23(19(3)4)17-29(25)27/h7-14,16-19H,15H2,1-6H3. The molecule has 0 aliphatic heterocycles. The molecule has 0 spiro atoms. The summed E-state index contributed by atoms with van der Waals surface area (Å²) in [5.41, 5.74) is 14.0. The van der Waals surface area contributed by atoms with Crippen LogP contribution in [-0.2, 0) is 6.42 Å². The van der Waals surface area contributed by atoms with Gasteiger partial charge in [0.25, 0.3) is 0 Å². The normalized spacial score (nSPS) is 11.9. The Labute approximate surface area is 176 Å². The Morgan fingerprint density at radius 2 is 0.931 bits per heavy atom. The summed E-state index contributed by atoms with van der Waals surface area (Å²) >= 11 is 0. The molecule has 4 rings (SSSR count). The van der Waals surface area contributed by atoms with Gasteiger partial charge in [-0.25, -0.2) is 0 Å². The van der Waals surface area contributed by atoms with Crippen molar-refractivity contribution in [2.45, 2.75) is 59.8 Å². The maximum absolute atomic E-state index is 2.41. The second kappa shape index (κ2) is 7.67. The van der Waals surface area contributed by atoms with Crippen molar-refractivity contribution in [2.75, 3.05) is 0 Å². The molecule has 0 aromatic rings. The van der Waals surface area contributed by atoms with Gasteiger partial charge in [0, 0.05) is 0 Å². The predicted octanol–water partition coefficient (Wildman–Crippen LogP) is 8.35. The summed E-state index contributed by atoms with van der Waals surface area (Å²) in [7, 11) is 0. The molecule has 0 bridgehead atoms. The molecule has 0 heteroatoms. The second-order valence-corrected chi connectivity index (χ2v) is 9.18. The lowest BCUT2D eigenvalue weighted by molar-refractivity contribution is 0.868. The molecule has 0 nitrogen and oxygen atoms in total. The average molecular weight is 381 g/mol. The smallest absolute Gasteiger partial charge is 0.00134 e. The van der Waals surface area contributed by atoms with Crippen LogP contribution in [0.1, 0.15) is 72.9 Å². The molecule has 29 heavy (non-hydrogen) atoms. The topological polar surface area (TPSA) is 0 Å². The quantitative estimate of drug-likeness (QED) is 0.334. The Hall–Kier alpha value is -2.60. The summed E-state index contributed by atoms with van der Waals surface area (Å²) in [6, 6.07) is 23.2. The van der Waals surface area contributed by atoms with Crippen molar-refractivity contribution in [3.8, 4) is 22.3 Å².